The maximum Gasteiger partial charge on any atom is 0.130 e. The predicted octanol–water partition coefficient (Wildman–Crippen LogP) is 4.34. The molecule has 0 aliphatic heterocycles. The summed E-state index contributed by atoms with van der Waals surface area (Å²) in [6, 6.07) is 15.1. The van der Waals surface area contributed by atoms with Gasteiger partial charge in [0.2, 0.25) is 0 Å². The van der Waals surface area contributed by atoms with E-state index in [1.54, 1.807) is 6.92 Å². The van der Waals surface area contributed by atoms with E-state index in [9.17, 15) is 4.79 Å². The Morgan fingerprint density at radius 3 is 2.55 bits per heavy atom. The number of hydrogen-bond acceptors (Lipinski definition) is 1. The smallest absolute Gasteiger partial charge is 0.130 e. The van der Waals surface area contributed by atoms with Gasteiger partial charge in [0.25, 0.3) is 0 Å². The van der Waals surface area contributed by atoms with Gasteiger partial charge in [-0.05, 0) is 44.0 Å². The van der Waals surface area contributed by atoms with Crippen molar-refractivity contribution in [1.82, 2.24) is 4.57 Å². The molecule has 20 heavy (non-hydrogen) atoms. The zero-order chi connectivity index (χ0) is 14.1. The van der Waals surface area contributed by atoms with E-state index in [0.717, 1.165) is 13.0 Å². The molecule has 2 nitrogen and oxygen atoms in total. The molecule has 0 saturated carbocycles. The number of Topliss-reactive ketones (excluding diaryl/α,β-unsaturated/α-hetero) is 1. The zero-order valence-electron chi connectivity index (χ0n) is 12.0. The first-order valence-electron chi connectivity index (χ1n) is 7.20. The highest BCUT2D eigenvalue weighted by Crippen LogP contribution is 2.29. The van der Waals surface area contributed by atoms with Gasteiger partial charge in [-0.2, -0.15) is 0 Å². The highest BCUT2D eigenvalue weighted by atomic mass is 16.1. The second-order valence-electron chi connectivity index (χ2n) is 5.31. The van der Waals surface area contributed by atoms with Crippen LogP contribution in [0.25, 0.3) is 21.8 Å². The molecule has 1 aromatic heterocycles. The zero-order valence-corrected chi connectivity index (χ0v) is 12.0. The fourth-order valence-electron chi connectivity index (χ4n) is 2.92. The molecule has 0 aliphatic rings. The van der Waals surface area contributed by atoms with Gasteiger partial charge in [0.1, 0.15) is 5.78 Å². The Bertz CT molecular complexity index is 783. The summed E-state index contributed by atoms with van der Waals surface area (Å²) in [5.41, 5.74) is 3.81. The van der Waals surface area contributed by atoms with E-state index in [4.69, 9.17) is 0 Å². The van der Waals surface area contributed by atoms with Crippen molar-refractivity contribution >= 4 is 27.6 Å². The number of ketones is 1. The second-order valence-corrected chi connectivity index (χ2v) is 5.31. The maximum absolute atomic E-state index is 11.1. The highest BCUT2D eigenvalue weighted by molar-refractivity contribution is 6.08. The number of fused-ring (bicyclic) bond motifs is 3. The Morgan fingerprint density at radius 2 is 1.80 bits per heavy atom. The quantitative estimate of drug-likeness (QED) is 0.688. The molecule has 2 aromatic carbocycles. The third kappa shape index (κ3) is 2.11. The van der Waals surface area contributed by atoms with Gasteiger partial charge in [0.05, 0.1) is 0 Å². The van der Waals surface area contributed by atoms with Crippen molar-refractivity contribution in [3.8, 4) is 0 Å². The Morgan fingerprint density at radius 1 is 1.05 bits per heavy atom. The molecule has 0 spiro atoms. The van der Waals surface area contributed by atoms with E-state index < -0.39 is 0 Å². The van der Waals surface area contributed by atoms with E-state index in [2.05, 4.69) is 54.0 Å². The van der Waals surface area contributed by atoms with Crippen LogP contribution in [0.5, 0.6) is 0 Å². The molecule has 0 fully saturated rings. The lowest BCUT2D eigenvalue weighted by Gasteiger charge is -2.04. The van der Waals surface area contributed by atoms with Gasteiger partial charge in [-0.25, -0.2) is 0 Å². The molecule has 0 N–H and O–H groups in total. The van der Waals surface area contributed by atoms with E-state index >= 15 is 0 Å². The lowest BCUT2D eigenvalue weighted by atomic mass is 10.0. The lowest BCUT2D eigenvalue weighted by molar-refractivity contribution is -0.116. The van der Waals surface area contributed by atoms with Crippen LogP contribution in [0.3, 0.4) is 0 Å². The number of hydrogen-bond donors (Lipinski definition) is 0. The number of para-hydroxylation sites is 1. The molecule has 0 aliphatic carbocycles. The van der Waals surface area contributed by atoms with Gasteiger partial charge < -0.3 is 9.36 Å². The van der Waals surface area contributed by atoms with E-state index in [1.165, 1.54) is 27.4 Å². The number of rotatable bonds is 4. The monoisotopic (exact) mass is 265 g/mol. The molecule has 0 bridgehead atoms. The minimum absolute atomic E-state index is 0.251. The number of benzene rings is 2. The minimum Gasteiger partial charge on any atom is -0.341 e. The topological polar surface area (TPSA) is 22.0 Å². The molecular formula is C18H19NO. The molecule has 2 heteroatoms. The third-order valence-corrected chi connectivity index (χ3v) is 3.92. The average Bonchev–Trinajstić information content (AvgIpc) is 2.78. The largest absolute Gasteiger partial charge is 0.341 e. The van der Waals surface area contributed by atoms with Crippen molar-refractivity contribution in [2.75, 3.05) is 0 Å². The molecule has 0 unspecified atom stereocenters. The molecule has 0 saturated heterocycles. The van der Waals surface area contributed by atoms with Gasteiger partial charge in [0.15, 0.2) is 0 Å². The van der Waals surface area contributed by atoms with Crippen LogP contribution < -0.4 is 0 Å². The average molecular weight is 265 g/mol. The van der Waals surface area contributed by atoms with Gasteiger partial charge in [-0.15, -0.1) is 0 Å². The molecule has 0 atom stereocenters. The van der Waals surface area contributed by atoms with Gasteiger partial charge in [0, 0.05) is 34.8 Å². The van der Waals surface area contributed by atoms with Gasteiger partial charge in [-0.1, -0.05) is 24.3 Å². The Balaban J connectivity index is 2.18. The van der Waals surface area contributed by atoms with E-state index in [1.807, 2.05) is 0 Å². The number of aromatic nitrogens is 1. The van der Waals surface area contributed by atoms with Crippen molar-refractivity contribution in [1.29, 1.82) is 0 Å². The lowest BCUT2D eigenvalue weighted by Crippen LogP contribution is -1.95. The summed E-state index contributed by atoms with van der Waals surface area (Å²) in [7, 11) is 0. The predicted molar refractivity (Wildman–Crippen MR) is 84.1 cm³/mol. The highest BCUT2D eigenvalue weighted by Gasteiger charge is 2.09. The van der Waals surface area contributed by atoms with E-state index in [-0.39, 0.29) is 5.78 Å². The van der Waals surface area contributed by atoms with Crippen LogP contribution in [-0.2, 0) is 17.8 Å². The molecule has 0 amide bonds. The standard InChI is InChI=1S/C18H19NO/c1-3-19-17-7-5-4-6-15(17)16-12-14(9-8-13(2)20)10-11-18(16)19/h4-7,10-12H,3,8-9H2,1-2H3. The second kappa shape index (κ2) is 5.12. The van der Waals surface area contributed by atoms with Crippen LogP contribution in [-0.4, -0.2) is 10.4 Å². The molecule has 3 aromatic rings. The summed E-state index contributed by atoms with van der Waals surface area (Å²) in [5.74, 6) is 0.251. The normalized spacial score (nSPS) is 11.3. The molecule has 1 heterocycles. The first kappa shape index (κ1) is 12.9. The summed E-state index contributed by atoms with van der Waals surface area (Å²) < 4.78 is 2.35. The fraction of sp³-hybridized carbons (Fsp3) is 0.278. The summed E-state index contributed by atoms with van der Waals surface area (Å²) in [4.78, 5) is 11.1. The molecule has 0 radical (unpaired) electrons. The molecule has 102 valence electrons. The Kier molecular flexibility index (Phi) is 3.31. The van der Waals surface area contributed by atoms with Crippen molar-refractivity contribution in [3.63, 3.8) is 0 Å². The fourth-order valence-corrected chi connectivity index (χ4v) is 2.92. The van der Waals surface area contributed by atoms with Crippen molar-refractivity contribution < 1.29 is 4.79 Å². The van der Waals surface area contributed by atoms with Crippen LogP contribution in [0.15, 0.2) is 42.5 Å². The maximum atomic E-state index is 11.1. The number of carbonyl (C=O) groups is 1. The number of nitrogens with zero attached hydrogens (tertiary/aromatic N) is 1. The van der Waals surface area contributed by atoms with Crippen LogP contribution in [0, 0.1) is 0 Å². The summed E-state index contributed by atoms with van der Waals surface area (Å²) in [6.45, 7) is 4.80. The van der Waals surface area contributed by atoms with E-state index in [0.29, 0.717) is 6.42 Å². The van der Waals surface area contributed by atoms with Crippen LogP contribution in [0.1, 0.15) is 25.8 Å². The Hall–Kier alpha value is -2.09. The molecular weight excluding hydrogens is 246 g/mol. The van der Waals surface area contributed by atoms with Crippen LogP contribution in [0.2, 0.25) is 0 Å². The first-order valence-corrected chi connectivity index (χ1v) is 7.20. The summed E-state index contributed by atoms with van der Waals surface area (Å²) >= 11 is 0. The molecule has 3 rings (SSSR count). The van der Waals surface area contributed by atoms with Gasteiger partial charge >= 0.3 is 0 Å². The van der Waals surface area contributed by atoms with Crippen molar-refractivity contribution in [3.05, 3.63) is 48.0 Å². The summed E-state index contributed by atoms with van der Waals surface area (Å²) in [5, 5.41) is 2.59. The number of aryl methyl sites for hydroxylation is 2. The van der Waals surface area contributed by atoms with Crippen LogP contribution >= 0.6 is 0 Å². The third-order valence-electron chi connectivity index (χ3n) is 3.92. The SMILES string of the molecule is CCn1c2ccccc2c2cc(CCC(C)=O)ccc21. The van der Waals surface area contributed by atoms with Gasteiger partial charge in [-0.3, -0.25) is 0 Å². The number of carbonyl (C=O) groups excluding carboxylic acids is 1. The first-order chi connectivity index (χ1) is 9.70. The Labute approximate surface area is 119 Å². The minimum atomic E-state index is 0.251. The van der Waals surface area contributed by atoms with Crippen LogP contribution in [0.4, 0.5) is 0 Å². The van der Waals surface area contributed by atoms with Crippen molar-refractivity contribution in [2.45, 2.75) is 33.2 Å². The van der Waals surface area contributed by atoms with Crippen molar-refractivity contribution in [2.24, 2.45) is 0 Å². The summed E-state index contributed by atoms with van der Waals surface area (Å²) in [6.07, 6.45) is 1.45.